The van der Waals surface area contributed by atoms with E-state index >= 15 is 0 Å². The van der Waals surface area contributed by atoms with Crippen molar-refractivity contribution in [2.75, 3.05) is 38.7 Å². The molecule has 3 heterocycles. The summed E-state index contributed by atoms with van der Waals surface area (Å²) in [5.41, 5.74) is 2.82. The number of hydrogen-bond donors (Lipinski definition) is 1. The maximum absolute atomic E-state index is 6.02. The van der Waals surface area contributed by atoms with Crippen LogP contribution >= 0.6 is 0 Å². The van der Waals surface area contributed by atoms with Crippen molar-refractivity contribution in [2.24, 2.45) is 7.05 Å². The minimum absolute atomic E-state index is 0.676. The normalized spacial score (nSPS) is 14.5. The Kier molecular flexibility index (Phi) is 5.62. The van der Waals surface area contributed by atoms with E-state index in [-0.39, 0.29) is 0 Å². The van der Waals surface area contributed by atoms with Crippen LogP contribution in [0.4, 0.5) is 11.5 Å². The first-order valence-electron chi connectivity index (χ1n) is 9.80. The molecule has 4 rings (SSSR count). The quantitative estimate of drug-likeness (QED) is 0.602. The predicted octanol–water partition coefficient (Wildman–Crippen LogP) is 3.59. The van der Waals surface area contributed by atoms with Gasteiger partial charge in [-0.1, -0.05) is 0 Å². The Hall–Kier alpha value is -2.80. The van der Waals surface area contributed by atoms with Gasteiger partial charge in [0.25, 0.3) is 0 Å². The Morgan fingerprint density at radius 2 is 1.96 bits per heavy atom. The van der Waals surface area contributed by atoms with Gasteiger partial charge in [-0.15, -0.1) is 0 Å². The van der Waals surface area contributed by atoms with Crippen molar-refractivity contribution in [3.05, 3.63) is 36.8 Å². The minimum atomic E-state index is 0.676. The van der Waals surface area contributed by atoms with Crippen molar-refractivity contribution < 1.29 is 9.47 Å². The topological polar surface area (TPSA) is 64.4 Å². The zero-order chi connectivity index (χ0) is 19.3. The molecule has 0 radical (unpaired) electrons. The number of pyridine rings is 1. The molecular weight excluding hydrogens is 354 g/mol. The fourth-order valence-corrected chi connectivity index (χ4v) is 3.59. The van der Waals surface area contributed by atoms with Crippen LogP contribution in [0.1, 0.15) is 19.3 Å². The number of anilines is 2. The summed E-state index contributed by atoms with van der Waals surface area (Å²) in [4.78, 5) is 11.2. The Balaban J connectivity index is 1.42. The Labute approximate surface area is 165 Å². The van der Waals surface area contributed by atoms with E-state index in [0.717, 1.165) is 47.0 Å². The Bertz CT molecular complexity index is 934. The van der Waals surface area contributed by atoms with E-state index in [1.54, 1.807) is 19.6 Å². The van der Waals surface area contributed by atoms with E-state index in [1.165, 1.54) is 25.9 Å². The lowest BCUT2D eigenvalue weighted by atomic mass is 10.2. The molecule has 0 unspecified atom stereocenters. The summed E-state index contributed by atoms with van der Waals surface area (Å²) >= 11 is 0. The lowest BCUT2D eigenvalue weighted by Gasteiger charge is -2.16. The number of nitrogens with one attached hydrogen (secondary N) is 1. The monoisotopic (exact) mass is 381 g/mol. The molecular formula is C21H27N5O2. The van der Waals surface area contributed by atoms with Crippen LogP contribution in [-0.2, 0) is 7.05 Å². The second-order valence-electron chi connectivity index (χ2n) is 7.16. The first-order valence-corrected chi connectivity index (χ1v) is 9.80. The van der Waals surface area contributed by atoms with Gasteiger partial charge >= 0.3 is 0 Å². The highest BCUT2D eigenvalue weighted by molar-refractivity contribution is 5.78. The zero-order valence-electron chi connectivity index (χ0n) is 16.5. The number of hydrogen-bond acceptors (Lipinski definition) is 6. The summed E-state index contributed by atoms with van der Waals surface area (Å²) in [7, 11) is 3.64. The van der Waals surface area contributed by atoms with Gasteiger partial charge in [0.15, 0.2) is 11.5 Å². The van der Waals surface area contributed by atoms with Crippen LogP contribution in [0.15, 0.2) is 36.8 Å². The molecule has 1 aliphatic heterocycles. The number of ether oxygens (including phenoxy) is 2. The highest BCUT2D eigenvalue weighted by Gasteiger charge is 2.11. The molecule has 1 aromatic carbocycles. The first-order chi connectivity index (χ1) is 13.7. The van der Waals surface area contributed by atoms with E-state index in [4.69, 9.17) is 9.47 Å². The van der Waals surface area contributed by atoms with Crippen molar-refractivity contribution in [3.8, 4) is 11.5 Å². The van der Waals surface area contributed by atoms with Gasteiger partial charge in [-0.25, -0.2) is 9.97 Å². The second-order valence-corrected chi connectivity index (χ2v) is 7.16. The number of methoxy groups -OCH3 is 1. The van der Waals surface area contributed by atoms with Crippen LogP contribution in [-0.4, -0.2) is 52.8 Å². The second kappa shape index (κ2) is 8.48. The number of aryl methyl sites for hydroxylation is 1. The van der Waals surface area contributed by atoms with E-state index in [2.05, 4.69) is 20.2 Å². The number of aromatic nitrogens is 3. The highest BCUT2D eigenvalue weighted by Crippen LogP contribution is 2.31. The molecule has 3 aromatic rings. The molecule has 0 amide bonds. The summed E-state index contributed by atoms with van der Waals surface area (Å²) < 4.78 is 13.4. The van der Waals surface area contributed by atoms with Gasteiger partial charge in [0.05, 0.1) is 31.8 Å². The van der Waals surface area contributed by atoms with E-state index in [0.29, 0.717) is 6.61 Å². The fourth-order valence-electron chi connectivity index (χ4n) is 3.59. The number of likely N-dealkylation sites (tertiary alicyclic amines) is 1. The van der Waals surface area contributed by atoms with Crippen molar-refractivity contribution in [3.63, 3.8) is 0 Å². The lowest BCUT2D eigenvalue weighted by molar-refractivity contribution is 0.254. The molecule has 2 aromatic heterocycles. The maximum atomic E-state index is 6.02. The third kappa shape index (κ3) is 4.20. The predicted molar refractivity (Wildman–Crippen MR) is 111 cm³/mol. The van der Waals surface area contributed by atoms with Crippen LogP contribution in [0.25, 0.3) is 11.0 Å². The van der Waals surface area contributed by atoms with Gasteiger partial charge in [0, 0.05) is 31.4 Å². The van der Waals surface area contributed by atoms with Gasteiger partial charge < -0.3 is 24.3 Å². The minimum Gasteiger partial charge on any atom is -0.493 e. The summed E-state index contributed by atoms with van der Waals surface area (Å²) in [5.74, 6) is 2.25. The average molecular weight is 381 g/mol. The highest BCUT2D eigenvalue weighted by atomic mass is 16.5. The molecule has 0 bridgehead atoms. The average Bonchev–Trinajstić information content (AvgIpc) is 3.36. The molecule has 1 saturated heterocycles. The number of benzene rings is 1. The SMILES string of the molecule is COc1ccc(Nc2cc3c(cn2)ncn3C)cc1OCCCN1CCCC1. The number of imidazole rings is 1. The van der Waals surface area contributed by atoms with Gasteiger partial charge in [0.2, 0.25) is 0 Å². The summed E-state index contributed by atoms with van der Waals surface area (Å²) in [6.45, 7) is 4.21. The molecule has 1 fully saturated rings. The van der Waals surface area contributed by atoms with Crippen LogP contribution < -0.4 is 14.8 Å². The standard InChI is InChI=1S/C21H27N5O2/c1-25-15-23-17-14-22-21(13-18(17)25)24-16-6-7-19(27-2)20(12-16)28-11-5-10-26-8-3-4-9-26/h6-7,12-15H,3-5,8-11H2,1-2H3,(H,22,24). The van der Waals surface area contributed by atoms with E-state index in [9.17, 15) is 0 Å². The molecule has 0 spiro atoms. The van der Waals surface area contributed by atoms with Crippen LogP contribution in [0.3, 0.4) is 0 Å². The summed E-state index contributed by atoms with van der Waals surface area (Å²) in [6.07, 6.45) is 7.22. The van der Waals surface area contributed by atoms with Gasteiger partial charge in [-0.3, -0.25) is 0 Å². The van der Waals surface area contributed by atoms with Crippen LogP contribution in [0, 0.1) is 0 Å². The molecule has 0 atom stereocenters. The molecule has 0 saturated carbocycles. The van der Waals surface area contributed by atoms with Crippen molar-refractivity contribution in [1.29, 1.82) is 0 Å². The smallest absolute Gasteiger partial charge is 0.163 e. The fraction of sp³-hybridized carbons (Fsp3) is 0.429. The van der Waals surface area contributed by atoms with Crippen molar-refractivity contribution in [1.82, 2.24) is 19.4 Å². The third-order valence-electron chi connectivity index (χ3n) is 5.12. The summed E-state index contributed by atoms with van der Waals surface area (Å²) in [6, 6.07) is 7.83. The molecule has 148 valence electrons. The van der Waals surface area contributed by atoms with Gasteiger partial charge in [0.1, 0.15) is 11.3 Å². The van der Waals surface area contributed by atoms with Gasteiger partial charge in [-0.2, -0.15) is 0 Å². The first kappa shape index (κ1) is 18.6. The number of nitrogens with zero attached hydrogens (tertiary/aromatic N) is 4. The molecule has 1 N–H and O–H groups in total. The molecule has 1 aliphatic rings. The largest absolute Gasteiger partial charge is 0.493 e. The lowest BCUT2D eigenvalue weighted by Crippen LogP contribution is -2.21. The zero-order valence-corrected chi connectivity index (χ0v) is 16.5. The number of fused-ring (bicyclic) bond motifs is 1. The van der Waals surface area contributed by atoms with Crippen molar-refractivity contribution >= 4 is 22.5 Å². The summed E-state index contributed by atoms with van der Waals surface area (Å²) in [5, 5.41) is 3.34. The number of rotatable bonds is 8. The van der Waals surface area contributed by atoms with Gasteiger partial charge in [-0.05, 0) is 44.5 Å². The molecule has 0 aliphatic carbocycles. The third-order valence-corrected chi connectivity index (χ3v) is 5.12. The molecule has 7 heteroatoms. The Morgan fingerprint density at radius 1 is 1.11 bits per heavy atom. The molecule has 7 nitrogen and oxygen atoms in total. The van der Waals surface area contributed by atoms with Crippen LogP contribution in [0.2, 0.25) is 0 Å². The van der Waals surface area contributed by atoms with E-state index in [1.807, 2.05) is 35.9 Å². The molecule has 28 heavy (non-hydrogen) atoms. The van der Waals surface area contributed by atoms with Crippen LogP contribution in [0.5, 0.6) is 11.5 Å². The maximum Gasteiger partial charge on any atom is 0.163 e. The Morgan fingerprint density at radius 3 is 2.79 bits per heavy atom. The van der Waals surface area contributed by atoms with Crippen molar-refractivity contribution in [2.45, 2.75) is 19.3 Å². The van der Waals surface area contributed by atoms with E-state index < -0.39 is 0 Å².